The van der Waals surface area contributed by atoms with E-state index >= 15 is 4.39 Å². The molecule has 0 spiro atoms. The van der Waals surface area contributed by atoms with Gasteiger partial charge < -0.3 is 13.9 Å². The lowest BCUT2D eigenvalue weighted by Gasteiger charge is -2.12. The van der Waals surface area contributed by atoms with E-state index in [4.69, 9.17) is 13.9 Å². The highest BCUT2D eigenvalue weighted by molar-refractivity contribution is 5.97. The van der Waals surface area contributed by atoms with E-state index in [1.807, 2.05) is 20.8 Å². The second kappa shape index (κ2) is 10.9. The molecule has 0 N–H and O–H groups in total. The summed E-state index contributed by atoms with van der Waals surface area (Å²) in [6.45, 7) is 6.27. The second-order valence-electron chi connectivity index (χ2n) is 8.32. The molecule has 0 fully saturated rings. The summed E-state index contributed by atoms with van der Waals surface area (Å²) < 4.78 is 30.9. The minimum absolute atomic E-state index is 0.113. The van der Waals surface area contributed by atoms with Gasteiger partial charge in [-0.1, -0.05) is 57.5 Å². The van der Waals surface area contributed by atoms with E-state index in [0.29, 0.717) is 41.0 Å². The van der Waals surface area contributed by atoms with E-state index in [1.54, 1.807) is 42.5 Å². The Hall–Kier alpha value is -3.41. The van der Waals surface area contributed by atoms with Crippen molar-refractivity contribution in [3.8, 4) is 11.1 Å². The maximum absolute atomic E-state index is 15.1. The van der Waals surface area contributed by atoms with E-state index in [2.05, 4.69) is 0 Å². The molecule has 0 aliphatic heterocycles. The molecule has 1 heterocycles. The van der Waals surface area contributed by atoms with E-state index in [0.717, 1.165) is 12.0 Å². The van der Waals surface area contributed by atoms with Gasteiger partial charge in [0.05, 0.1) is 19.3 Å². The normalized spacial score (nSPS) is 11.0. The molecule has 0 aliphatic rings. The Kier molecular flexibility index (Phi) is 8.04. The minimum atomic E-state index is -0.560. The monoisotopic (exact) mass is 452 g/mol. The molecule has 0 aliphatic carbocycles. The average molecular weight is 453 g/mol. The van der Waals surface area contributed by atoms with Crippen molar-refractivity contribution in [3.05, 3.63) is 82.6 Å². The molecule has 3 rings (SSSR count). The van der Waals surface area contributed by atoms with Crippen molar-refractivity contribution >= 4 is 11.9 Å². The molecule has 3 aromatic rings. The lowest BCUT2D eigenvalue weighted by Crippen LogP contribution is -2.11. The van der Waals surface area contributed by atoms with Crippen molar-refractivity contribution in [1.82, 2.24) is 0 Å². The van der Waals surface area contributed by atoms with Crippen molar-refractivity contribution in [1.29, 1.82) is 0 Å². The number of esters is 2. The topological polar surface area (TPSA) is 65.7 Å². The summed E-state index contributed by atoms with van der Waals surface area (Å²) >= 11 is 0. The van der Waals surface area contributed by atoms with E-state index in [9.17, 15) is 9.59 Å². The number of rotatable bonds is 9. The van der Waals surface area contributed by atoms with Gasteiger partial charge >= 0.3 is 11.9 Å². The van der Waals surface area contributed by atoms with E-state index in [-0.39, 0.29) is 18.1 Å². The van der Waals surface area contributed by atoms with Crippen molar-refractivity contribution in [2.45, 2.75) is 40.0 Å². The van der Waals surface area contributed by atoms with Crippen LogP contribution in [-0.2, 0) is 22.3 Å². The summed E-state index contributed by atoms with van der Waals surface area (Å²) in [7, 11) is 1.29. The molecule has 0 bridgehead atoms. The molecule has 0 atom stereocenters. The largest absolute Gasteiger partial charge is 0.463 e. The van der Waals surface area contributed by atoms with Gasteiger partial charge in [0.25, 0.3) is 0 Å². The molecule has 33 heavy (non-hydrogen) atoms. The van der Waals surface area contributed by atoms with Crippen molar-refractivity contribution < 1.29 is 27.9 Å². The van der Waals surface area contributed by atoms with Crippen LogP contribution in [0.1, 0.15) is 65.0 Å². The van der Waals surface area contributed by atoms with Crippen molar-refractivity contribution in [2.24, 2.45) is 5.92 Å². The maximum Gasteiger partial charge on any atom is 0.373 e. The lowest BCUT2D eigenvalue weighted by molar-refractivity contribution is 0.0459. The maximum atomic E-state index is 15.1. The molecular formula is C27H29FO5. The third-order valence-electron chi connectivity index (χ3n) is 5.21. The molecule has 6 heteroatoms. The standard InChI is InChI=1S/C27H29FO5/c1-5-8-20-15-25(27(30)31-4)33-24(20)14-19-12-11-18(13-23(19)28)21-9-6-7-10-22(21)26(29)32-16-17(2)3/h6-7,9-13,15,17H,5,8,14,16H2,1-4H3. The molecule has 2 aromatic carbocycles. The molecule has 0 saturated carbocycles. The Morgan fingerprint density at radius 2 is 1.79 bits per heavy atom. The van der Waals surface area contributed by atoms with Crippen LogP contribution in [-0.4, -0.2) is 25.7 Å². The summed E-state index contributed by atoms with van der Waals surface area (Å²) in [6.07, 6.45) is 1.77. The first-order valence-corrected chi connectivity index (χ1v) is 11.1. The van der Waals surface area contributed by atoms with Crippen LogP contribution in [0.25, 0.3) is 11.1 Å². The van der Waals surface area contributed by atoms with Crippen LogP contribution in [0.3, 0.4) is 0 Å². The molecular weight excluding hydrogens is 423 g/mol. The van der Waals surface area contributed by atoms with Crippen LogP contribution >= 0.6 is 0 Å². The van der Waals surface area contributed by atoms with Gasteiger partial charge in [0.15, 0.2) is 0 Å². The molecule has 0 amide bonds. The van der Waals surface area contributed by atoms with Gasteiger partial charge in [0.2, 0.25) is 5.76 Å². The predicted octanol–water partition coefficient (Wildman–Crippen LogP) is 6.23. The Labute approximate surface area is 193 Å². The molecule has 5 nitrogen and oxygen atoms in total. The van der Waals surface area contributed by atoms with Crippen LogP contribution in [0.15, 0.2) is 52.9 Å². The number of carbonyl (C=O) groups excluding carboxylic acids is 2. The molecule has 0 unspecified atom stereocenters. The summed E-state index contributed by atoms with van der Waals surface area (Å²) in [5, 5.41) is 0. The number of aryl methyl sites for hydroxylation is 1. The van der Waals surface area contributed by atoms with Gasteiger partial charge in [0, 0.05) is 6.42 Å². The van der Waals surface area contributed by atoms with Gasteiger partial charge in [-0.15, -0.1) is 0 Å². The van der Waals surface area contributed by atoms with Gasteiger partial charge in [0.1, 0.15) is 11.6 Å². The predicted molar refractivity (Wildman–Crippen MR) is 124 cm³/mol. The van der Waals surface area contributed by atoms with Gasteiger partial charge in [-0.2, -0.15) is 0 Å². The zero-order valence-corrected chi connectivity index (χ0v) is 19.4. The third kappa shape index (κ3) is 5.89. The fourth-order valence-electron chi connectivity index (χ4n) is 3.56. The fourth-order valence-corrected chi connectivity index (χ4v) is 3.56. The van der Waals surface area contributed by atoms with Gasteiger partial charge in [-0.25, -0.2) is 14.0 Å². The highest BCUT2D eigenvalue weighted by Crippen LogP contribution is 2.28. The third-order valence-corrected chi connectivity index (χ3v) is 5.21. The molecule has 0 radical (unpaired) electrons. The summed E-state index contributed by atoms with van der Waals surface area (Å²) in [4.78, 5) is 24.4. The first-order chi connectivity index (χ1) is 15.8. The fraction of sp³-hybridized carbons (Fsp3) is 0.333. The van der Waals surface area contributed by atoms with Crippen molar-refractivity contribution in [3.63, 3.8) is 0 Å². The lowest BCUT2D eigenvalue weighted by atomic mass is 9.97. The SMILES string of the molecule is CCCc1cc(C(=O)OC)oc1Cc1ccc(-c2ccccc2C(=O)OCC(C)C)cc1F. The second-order valence-corrected chi connectivity index (χ2v) is 8.32. The summed E-state index contributed by atoms with van der Waals surface area (Å²) in [5.41, 5.74) is 2.87. The zero-order valence-electron chi connectivity index (χ0n) is 19.4. The molecule has 174 valence electrons. The highest BCUT2D eigenvalue weighted by Gasteiger charge is 2.19. The summed E-state index contributed by atoms with van der Waals surface area (Å²) in [6, 6.07) is 13.5. The van der Waals surface area contributed by atoms with Gasteiger partial charge in [-0.3, -0.25) is 0 Å². The first-order valence-electron chi connectivity index (χ1n) is 11.1. The Morgan fingerprint density at radius 3 is 2.45 bits per heavy atom. The number of carbonyl (C=O) groups is 2. The van der Waals surface area contributed by atoms with Crippen LogP contribution in [0, 0.1) is 11.7 Å². The Bertz CT molecular complexity index is 1130. The first kappa shape index (κ1) is 24.2. The Balaban J connectivity index is 1.89. The Morgan fingerprint density at radius 1 is 1.03 bits per heavy atom. The van der Waals surface area contributed by atoms with Crippen LogP contribution < -0.4 is 0 Å². The number of furan rings is 1. The number of halogens is 1. The van der Waals surface area contributed by atoms with Crippen LogP contribution in [0.5, 0.6) is 0 Å². The van der Waals surface area contributed by atoms with E-state index in [1.165, 1.54) is 13.2 Å². The van der Waals surface area contributed by atoms with Gasteiger partial charge in [-0.05, 0) is 52.8 Å². The van der Waals surface area contributed by atoms with Crippen LogP contribution in [0.4, 0.5) is 4.39 Å². The quantitative estimate of drug-likeness (QED) is 0.360. The zero-order chi connectivity index (χ0) is 24.0. The van der Waals surface area contributed by atoms with E-state index < -0.39 is 17.8 Å². The number of methoxy groups -OCH3 is 1. The average Bonchev–Trinajstić information content (AvgIpc) is 3.20. The molecule has 1 aromatic heterocycles. The smallest absolute Gasteiger partial charge is 0.373 e. The molecule has 0 saturated heterocycles. The van der Waals surface area contributed by atoms with Crippen LogP contribution in [0.2, 0.25) is 0 Å². The number of hydrogen-bond acceptors (Lipinski definition) is 5. The number of ether oxygens (including phenoxy) is 2. The highest BCUT2D eigenvalue weighted by atomic mass is 19.1. The summed E-state index contributed by atoms with van der Waals surface area (Å²) in [5.74, 6) is -0.536. The number of benzene rings is 2. The number of hydrogen-bond donors (Lipinski definition) is 0. The minimum Gasteiger partial charge on any atom is -0.463 e. The van der Waals surface area contributed by atoms with Crippen molar-refractivity contribution in [2.75, 3.05) is 13.7 Å².